The molecule has 0 saturated heterocycles. The molecule has 0 aliphatic rings. The lowest BCUT2D eigenvalue weighted by Crippen LogP contribution is -1.58. The van der Waals surface area contributed by atoms with Crippen molar-refractivity contribution in [1.82, 2.24) is 24.9 Å². The van der Waals surface area contributed by atoms with Crippen molar-refractivity contribution in [3.8, 4) is 0 Å². The molecule has 0 amide bonds. The standard InChI is InChI=1S/5C5H5N/c5*1-2-4-6-5-3-1/h5*1-5H. The maximum Gasteiger partial charge on any atom is 0.0267 e. The minimum atomic E-state index is 1.75. The summed E-state index contributed by atoms with van der Waals surface area (Å²) in [5, 5.41) is 0. The van der Waals surface area contributed by atoms with Crippen LogP contribution in [0.15, 0.2) is 153 Å². The van der Waals surface area contributed by atoms with Gasteiger partial charge in [0.15, 0.2) is 0 Å². The van der Waals surface area contributed by atoms with Crippen LogP contribution in [0, 0.1) is 0 Å². The van der Waals surface area contributed by atoms with Crippen molar-refractivity contribution in [3.63, 3.8) is 0 Å². The highest BCUT2D eigenvalue weighted by atomic mass is 14.6. The minimum Gasteiger partial charge on any atom is -0.265 e. The maximum absolute atomic E-state index is 3.78. The molecule has 5 nitrogen and oxygen atoms in total. The zero-order valence-corrected chi connectivity index (χ0v) is 16.7. The second kappa shape index (κ2) is 21.1. The summed E-state index contributed by atoms with van der Waals surface area (Å²) in [6, 6.07) is 28.6. The van der Waals surface area contributed by atoms with Crippen LogP contribution in [0.3, 0.4) is 0 Å². The average molecular weight is 396 g/mol. The Morgan fingerprint density at radius 2 is 0.300 bits per heavy atom. The third-order valence-corrected chi connectivity index (χ3v) is 2.83. The molecule has 0 atom stereocenters. The second-order valence-corrected chi connectivity index (χ2v) is 5.12. The van der Waals surface area contributed by atoms with Gasteiger partial charge in [0.1, 0.15) is 0 Å². The van der Waals surface area contributed by atoms with Gasteiger partial charge in [-0.15, -0.1) is 0 Å². The molecule has 5 rings (SSSR count). The molecule has 0 N–H and O–H groups in total. The van der Waals surface area contributed by atoms with E-state index in [0.29, 0.717) is 0 Å². The summed E-state index contributed by atoms with van der Waals surface area (Å²) in [5.74, 6) is 0. The Kier molecular flexibility index (Phi) is 16.7. The van der Waals surface area contributed by atoms with Crippen LogP contribution in [-0.2, 0) is 0 Å². The molecule has 5 heteroatoms. The van der Waals surface area contributed by atoms with Crippen LogP contribution < -0.4 is 0 Å². The molecule has 5 aromatic rings. The molecule has 0 saturated carbocycles. The minimum absolute atomic E-state index is 1.75. The quantitative estimate of drug-likeness (QED) is 0.351. The molecule has 0 bridgehead atoms. The number of aromatic nitrogens is 5. The third kappa shape index (κ3) is 18.5. The molecule has 0 spiro atoms. The van der Waals surface area contributed by atoms with E-state index in [4.69, 9.17) is 0 Å². The molecule has 5 heterocycles. The van der Waals surface area contributed by atoms with Crippen LogP contribution in [0.5, 0.6) is 0 Å². The largest absolute Gasteiger partial charge is 0.265 e. The van der Waals surface area contributed by atoms with E-state index in [1.807, 2.05) is 91.0 Å². The van der Waals surface area contributed by atoms with Gasteiger partial charge < -0.3 is 0 Å². The van der Waals surface area contributed by atoms with E-state index in [9.17, 15) is 0 Å². The molecule has 0 unspecified atom stereocenters. The lowest BCUT2D eigenvalue weighted by Gasteiger charge is -1.70. The molecule has 30 heavy (non-hydrogen) atoms. The lowest BCUT2D eigenvalue weighted by molar-refractivity contribution is 1.33. The van der Waals surface area contributed by atoms with Crippen molar-refractivity contribution in [1.29, 1.82) is 0 Å². The van der Waals surface area contributed by atoms with Crippen LogP contribution in [0.2, 0.25) is 0 Å². The number of nitrogens with zero attached hydrogens (tertiary/aromatic N) is 5. The van der Waals surface area contributed by atoms with Crippen molar-refractivity contribution < 1.29 is 0 Å². The molecule has 0 aromatic carbocycles. The number of rotatable bonds is 0. The van der Waals surface area contributed by atoms with E-state index in [1.54, 1.807) is 62.0 Å². The first-order valence-electron chi connectivity index (χ1n) is 9.25. The summed E-state index contributed by atoms with van der Waals surface area (Å²) in [7, 11) is 0. The smallest absolute Gasteiger partial charge is 0.0267 e. The highest BCUT2D eigenvalue weighted by Crippen LogP contribution is 1.76. The molecular formula is C25H25N5. The Labute approximate surface area is 178 Å². The van der Waals surface area contributed by atoms with E-state index in [-0.39, 0.29) is 0 Å². The zero-order valence-electron chi connectivity index (χ0n) is 16.7. The van der Waals surface area contributed by atoms with Crippen molar-refractivity contribution >= 4 is 0 Å². The van der Waals surface area contributed by atoms with Gasteiger partial charge in [-0.2, -0.15) is 0 Å². The number of hydrogen-bond acceptors (Lipinski definition) is 5. The first-order chi connectivity index (χ1) is 15.0. The Balaban J connectivity index is 0.000000187. The van der Waals surface area contributed by atoms with Gasteiger partial charge in [-0.3, -0.25) is 24.9 Å². The summed E-state index contributed by atoms with van der Waals surface area (Å²) >= 11 is 0. The van der Waals surface area contributed by atoms with Crippen LogP contribution in [0.4, 0.5) is 0 Å². The fraction of sp³-hybridized carbons (Fsp3) is 0. The predicted octanol–water partition coefficient (Wildman–Crippen LogP) is 5.41. The van der Waals surface area contributed by atoms with Gasteiger partial charge in [0.05, 0.1) is 0 Å². The fourth-order valence-corrected chi connectivity index (χ4v) is 1.56. The highest BCUT2D eigenvalue weighted by molar-refractivity contribution is 4.90. The Bertz CT molecular complexity index is 562. The zero-order chi connectivity index (χ0) is 21.2. The molecule has 0 fully saturated rings. The van der Waals surface area contributed by atoms with Gasteiger partial charge in [-0.05, 0) is 60.7 Å². The van der Waals surface area contributed by atoms with Crippen molar-refractivity contribution in [2.75, 3.05) is 0 Å². The van der Waals surface area contributed by atoms with Crippen LogP contribution in [0.1, 0.15) is 0 Å². The Morgan fingerprint density at radius 1 is 0.167 bits per heavy atom. The summed E-state index contributed by atoms with van der Waals surface area (Å²) in [6.45, 7) is 0. The monoisotopic (exact) mass is 395 g/mol. The van der Waals surface area contributed by atoms with Crippen LogP contribution in [-0.4, -0.2) is 24.9 Å². The fourth-order valence-electron chi connectivity index (χ4n) is 1.56. The molecule has 0 radical (unpaired) electrons. The van der Waals surface area contributed by atoms with Crippen LogP contribution >= 0.6 is 0 Å². The maximum atomic E-state index is 3.78. The average Bonchev–Trinajstić information content (AvgIpc) is 2.91. The Morgan fingerprint density at radius 3 is 0.333 bits per heavy atom. The van der Waals surface area contributed by atoms with Gasteiger partial charge in [-0.1, -0.05) is 30.3 Å². The van der Waals surface area contributed by atoms with Gasteiger partial charge >= 0.3 is 0 Å². The van der Waals surface area contributed by atoms with Crippen molar-refractivity contribution in [2.45, 2.75) is 0 Å². The predicted molar refractivity (Wildman–Crippen MR) is 121 cm³/mol. The summed E-state index contributed by atoms with van der Waals surface area (Å²) in [6.07, 6.45) is 17.5. The lowest BCUT2D eigenvalue weighted by atomic mass is 10.5. The van der Waals surface area contributed by atoms with E-state index >= 15 is 0 Å². The first-order valence-corrected chi connectivity index (χ1v) is 9.25. The molecule has 5 aromatic heterocycles. The molecular weight excluding hydrogens is 370 g/mol. The van der Waals surface area contributed by atoms with E-state index in [1.165, 1.54) is 0 Å². The number of pyridine rings is 5. The van der Waals surface area contributed by atoms with Crippen molar-refractivity contribution in [3.05, 3.63) is 153 Å². The highest BCUT2D eigenvalue weighted by Gasteiger charge is 1.60. The first kappa shape index (κ1) is 23.8. The number of hydrogen-bond donors (Lipinski definition) is 0. The van der Waals surface area contributed by atoms with E-state index in [0.717, 1.165) is 0 Å². The van der Waals surface area contributed by atoms with Gasteiger partial charge in [0.2, 0.25) is 0 Å². The van der Waals surface area contributed by atoms with Crippen LogP contribution in [0.25, 0.3) is 0 Å². The summed E-state index contributed by atoms with van der Waals surface area (Å²) < 4.78 is 0. The summed E-state index contributed by atoms with van der Waals surface area (Å²) in [5.41, 5.74) is 0. The second-order valence-electron chi connectivity index (χ2n) is 5.12. The third-order valence-electron chi connectivity index (χ3n) is 2.83. The Hall–Kier alpha value is -4.25. The van der Waals surface area contributed by atoms with Gasteiger partial charge in [0, 0.05) is 62.0 Å². The normalized spacial score (nSPS) is 8.00. The van der Waals surface area contributed by atoms with E-state index in [2.05, 4.69) is 24.9 Å². The topological polar surface area (TPSA) is 64.5 Å². The summed E-state index contributed by atoms with van der Waals surface area (Å²) in [4.78, 5) is 18.9. The van der Waals surface area contributed by atoms with Crippen molar-refractivity contribution in [2.24, 2.45) is 0 Å². The van der Waals surface area contributed by atoms with Gasteiger partial charge in [-0.25, -0.2) is 0 Å². The molecule has 0 aliphatic heterocycles. The molecule has 0 aliphatic carbocycles. The van der Waals surface area contributed by atoms with Gasteiger partial charge in [0.25, 0.3) is 0 Å². The SMILES string of the molecule is c1ccncc1.c1ccncc1.c1ccncc1.c1ccncc1.c1ccncc1. The van der Waals surface area contributed by atoms with E-state index < -0.39 is 0 Å². The molecule has 150 valence electrons.